The van der Waals surface area contributed by atoms with E-state index in [1.807, 2.05) is 0 Å². The van der Waals surface area contributed by atoms with Crippen molar-refractivity contribution >= 4 is 60.8 Å². The molecule has 0 saturated carbocycles. The summed E-state index contributed by atoms with van der Waals surface area (Å²) in [5.41, 5.74) is 5.37. The van der Waals surface area contributed by atoms with E-state index in [-0.39, 0.29) is 16.7 Å². The SMILES string of the molecule is NC(=O)[C@@H]1CCCN1C(=O)CN1CCC[C@H](NS(=O)(=O)c2cc3cc(Cl)ccc3s2)C1=O. The number of carbonyl (C=O) groups excluding carboxylic acids is 3. The van der Waals surface area contributed by atoms with Gasteiger partial charge in [-0.1, -0.05) is 11.6 Å². The van der Waals surface area contributed by atoms with Gasteiger partial charge in [-0.2, -0.15) is 4.72 Å². The van der Waals surface area contributed by atoms with Crippen molar-refractivity contribution in [1.29, 1.82) is 0 Å². The molecule has 2 atom stereocenters. The molecule has 12 heteroatoms. The molecule has 9 nitrogen and oxygen atoms in total. The molecule has 0 unspecified atom stereocenters. The first-order chi connectivity index (χ1) is 15.2. The van der Waals surface area contributed by atoms with Crippen molar-refractivity contribution in [1.82, 2.24) is 14.5 Å². The van der Waals surface area contributed by atoms with E-state index in [1.54, 1.807) is 18.2 Å². The van der Waals surface area contributed by atoms with E-state index in [2.05, 4.69) is 4.72 Å². The third-order valence-corrected chi connectivity index (χ3v) is 9.07. The zero-order chi connectivity index (χ0) is 23.0. The first kappa shape index (κ1) is 23.0. The molecular weight excluding hydrogens is 476 g/mol. The molecule has 2 aliphatic heterocycles. The number of likely N-dealkylation sites (tertiary alicyclic amines) is 2. The molecule has 172 valence electrons. The quantitative estimate of drug-likeness (QED) is 0.620. The molecule has 3 amide bonds. The van der Waals surface area contributed by atoms with Gasteiger partial charge in [-0.05, 0) is 55.3 Å². The Kier molecular flexibility index (Phi) is 6.44. The molecule has 0 aliphatic carbocycles. The van der Waals surface area contributed by atoms with Gasteiger partial charge in [0.05, 0.1) is 6.54 Å². The lowest BCUT2D eigenvalue weighted by molar-refractivity contribution is -0.144. The fourth-order valence-corrected chi connectivity index (χ4v) is 6.99. The van der Waals surface area contributed by atoms with Crippen LogP contribution in [0, 0.1) is 0 Å². The average molecular weight is 499 g/mol. The van der Waals surface area contributed by atoms with Gasteiger partial charge in [0.15, 0.2) is 0 Å². The molecule has 32 heavy (non-hydrogen) atoms. The van der Waals surface area contributed by atoms with Gasteiger partial charge in [0, 0.05) is 22.8 Å². The lowest BCUT2D eigenvalue weighted by Gasteiger charge is -2.33. The fourth-order valence-electron chi connectivity index (χ4n) is 4.19. The van der Waals surface area contributed by atoms with Gasteiger partial charge in [0.1, 0.15) is 16.3 Å². The molecule has 2 fully saturated rings. The van der Waals surface area contributed by atoms with Crippen LogP contribution < -0.4 is 10.5 Å². The number of nitrogens with one attached hydrogen (secondary N) is 1. The number of rotatable bonds is 6. The average Bonchev–Trinajstić information content (AvgIpc) is 3.38. The Labute approximate surface area is 194 Å². The van der Waals surface area contributed by atoms with Crippen molar-refractivity contribution in [2.75, 3.05) is 19.6 Å². The molecule has 2 saturated heterocycles. The number of hydrogen-bond donors (Lipinski definition) is 2. The number of fused-ring (bicyclic) bond motifs is 1. The molecule has 1 aromatic heterocycles. The van der Waals surface area contributed by atoms with Crippen LogP contribution in [0.5, 0.6) is 0 Å². The summed E-state index contributed by atoms with van der Waals surface area (Å²) in [5.74, 6) is -1.37. The van der Waals surface area contributed by atoms with E-state index in [9.17, 15) is 22.8 Å². The molecule has 0 radical (unpaired) electrons. The van der Waals surface area contributed by atoms with Gasteiger partial charge in [-0.3, -0.25) is 14.4 Å². The van der Waals surface area contributed by atoms with Crippen LogP contribution in [-0.4, -0.2) is 67.7 Å². The van der Waals surface area contributed by atoms with Gasteiger partial charge in [-0.15, -0.1) is 11.3 Å². The summed E-state index contributed by atoms with van der Waals surface area (Å²) in [6, 6.07) is 5.04. The Morgan fingerprint density at radius 3 is 2.69 bits per heavy atom. The van der Waals surface area contributed by atoms with Crippen LogP contribution in [-0.2, 0) is 24.4 Å². The minimum absolute atomic E-state index is 0.0946. The molecule has 1 aromatic carbocycles. The fraction of sp³-hybridized carbons (Fsp3) is 0.450. The van der Waals surface area contributed by atoms with Crippen LogP contribution in [0.15, 0.2) is 28.5 Å². The van der Waals surface area contributed by atoms with E-state index in [1.165, 1.54) is 15.9 Å². The Balaban J connectivity index is 1.45. The lowest BCUT2D eigenvalue weighted by Crippen LogP contribution is -2.55. The highest BCUT2D eigenvalue weighted by Gasteiger charge is 2.37. The summed E-state index contributed by atoms with van der Waals surface area (Å²) < 4.78 is 29.2. The third-order valence-electron chi connectivity index (χ3n) is 5.78. The monoisotopic (exact) mass is 498 g/mol. The minimum atomic E-state index is -3.93. The number of nitrogens with two attached hydrogens (primary N) is 1. The van der Waals surface area contributed by atoms with E-state index in [4.69, 9.17) is 17.3 Å². The van der Waals surface area contributed by atoms with Gasteiger partial charge in [-0.25, -0.2) is 8.42 Å². The highest BCUT2D eigenvalue weighted by Crippen LogP contribution is 2.31. The molecule has 0 bridgehead atoms. The number of nitrogens with zero attached hydrogens (tertiary/aromatic N) is 2. The minimum Gasteiger partial charge on any atom is -0.368 e. The smallest absolute Gasteiger partial charge is 0.250 e. The number of benzene rings is 1. The highest BCUT2D eigenvalue weighted by atomic mass is 35.5. The number of carbonyl (C=O) groups is 3. The topological polar surface area (TPSA) is 130 Å². The van der Waals surface area contributed by atoms with Crippen molar-refractivity contribution in [3.63, 3.8) is 0 Å². The van der Waals surface area contributed by atoms with Crippen LogP contribution >= 0.6 is 22.9 Å². The Morgan fingerprint density at radius 2 is 1.94 bits per heavy atom. The van der Waals surface area contributed by atoms with Crippen LogP contribution in [0.25, 0.3) is 10.1 Å². The predicted octanol–water partition coefficient (Wildman–Crippen LogP) is 1.30. The van der Waals surface area contributed by atoms with E-state index < -0.39 is 33.9 Å². The molecular formula is C20H23ClN4O5S2. The maximum Gasteiger partial charge on any atom is 0.250 e. The van der Waals surface area contributed by atoms with Crippen LogP contribution in [0.3, 0.4) is 0 Å². The zero-order valence-corrected chi connectivity index (χ0v) is 19.5. The van der Waals surface area contributed by atoms with Gasteiger partial charge >= 0.3 is 0 Å². The predicted molar refractivity (Wildman–Crippen MR) is 121 cm³/mol. The number of primary amides is 1. The van der Waals surface area contributed by atoms with Crippen molar-refractivity contribution in [3.8, 4) is 0 Å². The van der Waals surface area contributed by atoms with Gasteiger partial charge in [0.25, 0.3) is 10.0 Å². The summed E-state index contributed by atoms with van der Waals surface area (Å²) in [6.07, 6.45) is 2.08. The van der Waals surface area contributed by atoms with Crippen molar-refractivity contribution in [2.24, 2.45) is 5.73 Å². The number of sulfonamides is 1. The van der Waals surface area contributed by atoms with E-state index in [0.717, 1.165) is 16.0 Å². The molecule has 2 aromatic rings. The first-order valence-electron chi connectivity index (χ1n) is 10.2. The summed E-state index contributed by atoms with van der Waals surface area (Å²) in [4.78, 5) is 40.0. The highest BCUT2D eigenvalue weighted by molar-refractivity contribution is 7.91. The maximum atomic E-state index is 12.9. The lowest BCUT2D eigenvalue weighted by atomic mass is 10.1. The third kappa shape index (κ3) is 4.61. The molecule has 3 N–H and O–H groups in total. The number of hydrogen-bond acceptors (Lipinski definition) is 6. The van der Waals surface area contributed by atoms with Crippen LogP contribution in [0.4, 0.5) is 0 Å². The van der Waals surface area contributed by atoms with E-state index >= 15 is 0 Å². The van der Waals surface area contributed by atoms with Crippen LogP contribution in [0.2, 0.25) is 5.02 Å². The second kappa shape index (κ2) is 8.97. The molecule has 3 heterocycles. The number of amides is 3. The standard InChI is InChI=1S/C20H23ClN4O5S2/c21-13-5-6-16-12(9-13)10-18(31-16)32(29,30)23-14-3-1-7-24(20(14)28)11-17(26)25-8-2-4-15(25)19(22)27/h5-6,9-10,14-15,23H,1-4,7-8,11H2,(H2,22,27)/t14-,15-/m0/s1. The Bertz CT molecular complexity index is 1180. The molecule has 2 aliphatic rings. The Morgan fingerprint density at radius 1 is 1.19 bits per heavy atom. The normalized spacial score (nSPS) is 22.0. The summed E-state index contributed by atoms with van der Waals surface area (Å²) in [6.45, 7) is 0.558. The first-order valence-corrected chi connectivity index (χ1v) is 12.9. The largest absolute Gasteiger partial charge is 0.368 e. The summed E-state index contributed by atoms with van der Waals surface area (Å²) >= 11 is 7.08. The summed E-state index contributed by atoms with van der Waals surface area (Å²) in [7, 11) is -3.93. The molecule has 4 rings (SSSR count). The van der Waals surface area contributed by atoms with Gasteiger partial charge < -0.3 is 15.5 Å². The molecule has 0 spiro atoms. The van der Waals surface area contributed by atoms with Crippen molar-refractivity contribution in [2.45, 2.75) is 42.0 Å². The number of halogens is 1. The van der Waals surface area contributed by atoms with Crippen molar-refractivity contribution in [3.05, 3.63) is 29.3 Å². The van der Waals surface area contributed by atoms with E-state index in [0.29, 0.717) is 49.2 Å². The second-order valence-electron chi connectivity index (χ2n) is 7.97. The number of thiophene rings is 1. The van der Waals surface area contributed by atoms with Crippen LogP contribution in [0.1, 0.15) is 25.7 Å². The second-order valence-corrected chi connectivity index (χ2v) is 11.4. The number of piperidine rings is 1. The van der Waals surface area contributed by atoms with Crippen molar-refractivity contribution < 1.29 is 22.8 Å². The maximum absolute atomic E-state index is 12.9. The van der Waals surface area contributed by atoms with Gasteiger partial charge in [0.2, 0.25) is 17.7 Å². The summed E-state index contributed by atoms with van der Waals surface area (Å²) in [5, 5.41) is 1.21. The Hall–Kier alpha value is -2.21. The zero-order valence-electron chi connectivity index (χ0n) is 17.1.